The monoisotopic (exact) mass is 957 g/mol. The molecule has 288 valence electrons. The summed E-state index contributed by atoms with van der Waals surface area (Å²) in [5, 5.41) is 0. The number of ketones is 3. The van der Waals surface area contributed by atoms with E-state index in [1.165, 1.54) is 36.5 Å². The van der Waals surface area contributed by atoms with Gasteiger partial charge in [-0.25, -0.2) is 26.8 Å². The van der Waals surface area contributed by atoms with E-state index in [2.05, 4.69) is 62.0 Å². The first-order chi connectivity index (χ1) is 23.1. The normalized spacial score (nSPS) is 26.9. The summed E-state index contributed by atoms with van der Waals surface area (Å²) >= 11 is 10.2. The molecule has 9 nitrogen and oxygen atoms in total. The first-order valence-corrected chi connectivity index (χ1v) is 22.4. The summed E-state index contributed by atoms with van der Waals surface area (Å²) in [7, 11) is -3.57. The van der Waals surface area contributed by atoms with Gasteiger partial charge >= 0.3 is 0 Å². The molecule has 0 aliphatic heterocycles. The topological polar surface area (TPSA) is 139 Å². The van der Waals surface area contributed by atoms with Gasteiger partial charge in [-0.2, -0.15) is 0 Å². The van der Waals surface area contributed by atoms with E-state index in [0.29, 0.717) is 0 Å². The van der Waals surface area contributed by atoms with Crippen molar-refractivity contribution < 1.29 is 27.0 Å². The Morgan fingerprint density at radius 1 is 0.490 bits per heavy atom. The molecule has 3 rings (SSSR count). The SMILES string of the molecule is CC[C@@]1(N[S@](=O)C(C)(C)C)C=CC(=O)C=C1Br.CC[C@@]1(N[S@](=O)C(C)(C)C)C=CC(=O)C=C1Br.CC[C@@]1(N[S@](=O)C(C)(C)C)C=CC(=O)C=C1Br. The van der Waals surface area contributed by atoms with Crippen molar-refractivity contribution in [2.24, 2.45) is 0 Å². The Hall–Kier alpha value is -0.780. The highest BCUT2D eigenvalue weighted by molar-refractivity contribution is 9.12. The maximum Gasteiger partial charge on any atom is 0.179 e. The Morgan fingerprint density at radius 3 is 0.824 bits per heavy atom. The summed E-state index contributed by atoms with van der Waals surface area (Å²) in [6.07, 6.45) is 16.6. The second kappa shape index (κ2) is 19.2. The summed E-state index contributed by atoms with van der Waals surface area (Å²) in [6, 6.07) is 0. The standard InChI is InChI=1S/3C12H18BrNO2S/c3*1-5-12(14-17(16)11(2,3)4)7-6-9(15)8-10(12)13/h3*6-8,14H,5H2,1-4H3/t3*12-,17-/m111/s1. The van der Waals surface area contributed by atoms with E-state index in [9.17, 15) is 27.0 Å². The van der Waals surface area contributed by atoms with Gasteiger partial charge in [0.15, 0.2) is 17.3 Å². The van der Waals surface area contributed by atoms with Crippen molar-refractivity contribution in [2.45, 2.75) is 133 Å². The molecule has 0 saturated carbocycles. The first-order valence-electron chi connectivity index (χ1n) is 16.6. The number of hydrogen-bond donors (Lipinski definition) is 3. The van der Waals surface area contributed by atoms with Crippen LogP contribution in [0.1, 0.15) is 102 Å². The number of carbonyl (C=O) groups is 3. The smallest absolute Gasteiger partial charge is 0.179 e. The predicted octanol–water partition coefficient (Wildman–Crippen LogP) is 7.81. The lowest BCUT2D eigenvalue weighted by Crippen LogP contribution is -2.49. The Morgan fingerprint density at radius 2 is 0.686 bits per heavy atom. The van der Waals surface area contributed by atoms with E-state index in [1.54, 1.807) is 18.2 Å². The molecule has 0 aromatic heterocycles. The van der Waals surface area contributed by atoms with Crippen LogP contribution >= 0.6 is 47.8 Å². The van der Waals surface area contributed by atoms with Crippen molar-refractivity contribution in [1.82, 2.24) is 14.2 Å². The number of carbonyl (C=O) groups excluding carboxylic acids is 3. The van der Waals surface area contributed by atoms with Crippen LogP contribution < -0.4 is 14.2 Å². The zero-order valence-electron chi connectivity index (χ0n) is 31.6. The van der Waals surface area contributed by atoms with Gasteiger partial charge in [-0.15, -0.1) is 0 Å². The molecule has 3 N–H and O–H groups in total. The molecule has 51 heavy (non-hydrogen) atoms. The van der Waals surface area contributed by atoms with Crippen LogP contribution in [0.15, 0.2) is 68.1 Å². The molecule has 0 spiro atoms. The zero-order valence-corrected chi connectivity index (χ0v) is 38.8. The Bertz CT molecular complexity index is 1410. The largest absolute Gasteiger partial charge is 0.290 e. The van der Waals surface area contributed by atoms with Crippen molar-refractivity contribution in [3.8, 4) is 0 Å². The molecule has 15 heteroatoms. The van der Waals surface area contributed by atoms with Crippen molar-refractivity contribution in [3.63, 3.8) is 0 Å². The molecule has 3 aliphatic carbocycles. The van der Waals surface area contributed by atoms with Gasteiger partial charge in [0.05, 0.1) is 63.8 Å². The molecule has 0 aromatic rings. The lowest BCUT2D eigenvalue weighted by Gasteiger charge is -2.34. The van der Waals surface area contributed by atoms with Crippen LogP contribution in [0.25, 0.3) is 0 Å². The average molecular weight is 961 g/mol. The second-order valence-corrected chi connectivity index (χ2v) is 23.6. The highest BCUT2D eigenvalue weighted by Crippen LogP contribution is 2.34. The summed E-state index contributed by atoms with van der Waals surface area (Å²) in [5.41, 5.74) is -1.61. The van der Waals surface area contributed by atoms with Gasteiger partial charge in [0.25, 0.3) is 0 Å². The summed E-state index contributed by atoms with van der Waals surface area (Å²) in [4.78, 5) is 33.8. The maximum absolute atomic E-state index is 12.2. The van der Waals surface area contributed by atoms with Crippen LogP contribution in [0.2, 0.25) is 0 Å². The van der Waals surface area contributed by atoms with E-state index in [4.69, 9.17) is 0 Å². The van der Waals surface area contributed by atoms with Crippen molar-refractivity contribution in [2.75, 3.05) is 0 Å². The molecule has 3 aliphatic rings. The molecule has 0 aromatic carbocycles. The lowest BCUT2D eigenvalue weighted by molar-refractivity contribution is -0.111. The van der Waals surface area contributed by atoms with Crippen molar-refractivity contribution >= 4 is 98.1 Å². The minimum atomic E-state index is -1.19. The highest BCUT2D eigenvalue weighted by atomic mass is 79.9. The van der Waals surface area contributed by atoms with Gasteiger partial charge in [0.1, 0.15) is 0 Å². The van der Waals surface area contributed by atoms with Gasteiger partial charge in [0.2, 0.25) is 0 Å². The first kappa shape index (κ1) is 48.2. The lowest BCUT2D eigenvalue weighted by atomic mass is 9.92. The van der Waals surface area contributed by atoms with Crippen LogP contribution in [0.5, 0.6) is 0 Å². The highest BCUT2D eigenvalue weighted by Gasteiger charge is 2.38. The minimum absolute atomic E-state index is 0.0516. The average Bonchev–Trinajstić information content (AvgIpc) is 3.01. The summed E-state index contributed by atoms with van der Waals surface area (Å²) < 4.78 is 47.0. The quantitative estimate of drug-likeness (QED) is 0.216. The van der Waals surface area contributed by atoms with Crippen molar-refractivity contribution in [1.29, 1.82) is 0 Å². The zero-order chi connectivity index (χ0) is 39.8. The molecule has 0 saturated heterocycles. The Labute approximate surface area is 338 Å². The molecular weight excluding hydrogens is 906 g/mol. The Kier molecular flexibility index (Phi) is 18.2. The van der Waals surface area contributed by atoms with Crippen LogP contribution in [0.3, 0.4) is 0 Å². The van der Waals surface area contributed by atoms with E-state index < -0.39 is 49.6 Å². The van der Waals surface area contributed by atoms with Crippen molar-refractivity contribution in [3.05, 3.63) is 68.1 Å². The third kappa shape index (κ3) is 13.8. The third-order valence-electron chi connectivity index (χ3n) is 7.85. The van der Waals surface area contributed by atoms with E-state index in [-0.39, 0.29) is 31.6 Å². The molecule has 6 atom stereocenters. The van der Waals surface area contributed by atoms with Gasteiger partial charge in [-0.3, -0.25) is 14.4 Å². The van der Waals surface area contributed by atoms with Crippen LogP contribution in [0.4, 0.5) is 0 Å². The molecule has 0 fully saturated rings. The van der Waals surface area contributed by atoms with Crippen LogP contribution in [-0.2, 0) is 47.3 Å². The third-order valence-corrected chi connectivity index (χ3v) is 15.6. The molecule has 0 bridgehead atoms. The van der Waals surface area contributed by atoms with Gasteiger partial charge < -0.3 is 0 Å². The fourth-order valence-corrected chi connectivity index (χ4v) is 9.58. The minimum Gasteiger partial charge on any atom is -0.290 e. The fraction of sp³-hybridized carbons (Fsp3) is 0.583. The van der Waals surface area contributed by atoms with Gasteiger partial charge in [-0.1, -0.05) is 86.8 Å². The number of hydrogen-bond acceptors (Lipinski definition) is 6. The van der Waals surface area contributed by atoms with Gasteiger partial charge in [-0.05, 0) is 118 Å². The van der Waals surface area contributed by atoms with E-state index in [1.807, 2.05) is 83.1 Å². The van der Waals surface area contributed by atoms with E-state index >= 15 is 0 Å². The molecule has 0 unspecified atom stereocenters. The van der Waals surface area contributed by atoms with E-state index in [0.717, 1.165) is 32.7 Å². The maximum atomic E-state index is 12.2. The van der Waals surface area contributed by atoms with Gasteiger partial charge in [0, 0.05) is 13.4 Å². The second-order valence-electron chi connectivity index (χ2n) is 15.1. The molecular formula is C36H54Br3N3O6S3. The number of nitrogens with one attached hydrogen (secondary N) is 3. The predicted molar refractivity (Wildman–Crippen MR) is 226 cm³/mol. The number of allylic oxidation sites excluding steroid dienone is 6. The number of rotatable bonds is 9. The van der Waals surface area contributed by atoms with Crippen LogP contribution in [0, 0.1) is 0 Å². The van der Waals surface area contributed by atoms with Crippen LogP contribution in [-0.4, -0.2) is 60.8 Å². The Balaban J connectivity index is 0.000000382. The fourth-order valence-electron chi connectivity index (χ4n) is 4.10. The summed E-state index contributed by atoms with van der Waals surface area (Å²) in [6.45, 7) is 23.2. The molecule has 0 amide bonds. The molecule has 0 heterocycles. The summed E-state index contributed by atoms with van der Waals surface area (Å²) in [5.74, 6) is -0.155. The number of halogens is 3. The molecule has 0 radical (unpaired) electrons.